The van der Waals surface area contributed by atoms with Crippen LogP contribution in [-0.4, -0.2) is 33.4 Å². The molecule has 2 atom stereocenters. The van der Waals surface area contributed by atoms with Crippen LogP contribution in [0, 0.1) is 6.92 Å². The van der Waals surface area contributed by atoms with Gasteiger partial charge in [-0.15, -0.1) is 0 Å². The standard InChI is InChI=1S/C16H28BrN3S/c1-4-9-18-13(15-8-6-7-10-21-15)11-14-16(17)12(3)19-20(14)5-2/h13,15,18H,4-11H2,1-3H3. The Kier molecular flexibility index (Phi) is 7.10. The second-order valence-electron chi connectivity index (χ2n) is 5.83. The molecule has 21 heavy (non-hydrogen) atoms. The molecule has 2 rings (SSSR count). The monoisotopic (exact) mass is 373 g/mol. The Morgan fingerprint density at radius 2 is 2.24 bits per heavy atom. The van der Waals surface area contributed by atoms with E-state index in [9.17, 15) is 0 Å². The number of halogens is 1. The maximum absolute atomic E-state index is 4.64. The molecule has 1 aliphatic heterocycles. The van der Waals surface area contributed by atoms with Crippen LogP contribution in [-0.2, 0) is 13.0 Å². The van der Waals surface area contributed by atoms with Crippen LogP contribution in [0.3, 0.4) is 0 Å². The van der Waals surface area contributed by atoms with Crippen LogP contribution in [0.5, 0.6) is 0 Å². The first-order valence-corrected chi connectivity index (χ1v) is 10.1. The lowest BCUT2D eigenvalue weighted by atomic mass is 10.0. The van der Waals surface area contributed by atoms with E-state index >= 15 is 0 Å². The Morgan fingerprint density at radius 1 is 1.43 bits per heavy atom. The van der Waals surface area contributed by atoms with Gasteiger partial charge in [0.15, 0.2) is 0 Å². The van der Waals surface area contributed by atoms with Crippen molar-refractivity contribution < 1.29 is 0 Å². The molecule has 0 spiro atoms. The third-order valence-corrected chi connectivity index (χ3v) is 6.73. The molecule has 2 heterocycles. The lowest BCUT2D eigenvalue weighted by Gasteiger charge is -2.31. The maximum atomic E-state index is 4.64. The first kappa shape index (κ1) is 17.4. The molecule has 1 N–H and O–H groups in total. The van der Waals surface area contributed by atoms with Crippen LogP contribution in [0.1, 0.15) is 50.9 Å². The molecule has 1 saturated heterocycles. The van der Waals surface area contributed by atoms with Crippen molar-refractivity contribution in [1.29, 1.82) is 0 Å². The normalized spacial score (nSPS) is 20.7. The number of nitrogens with one attached hydrogen (secondary N) is 1. The van der Waals surface area contributed by atoms with Gasteiger partial charge in [0, 0.05) is 24.3 Å². The molecule has 0 radical (unpaired) electrons. The van der Waals surface area contributed by atoms with Gasteiger partial charge in [-0.3, -0.25) is 4.68 Å². The van der Waals surface area contributed by atoms with Crippen LogP contribution >= 0.6 is 27.7 Å². The summed E-state index contributed by atoms with van der Waals surface area (Å²) in [6.07, 6.45) is 6.39. The average Bonchev–Trinajstić information content (AvgIpc) is 2.79. The Morgan fingerprint density at radius 3 is 2.86 bits per heavy atom. The van der Waals surface area contributed by atoms with Gasteiger partial charge in [0.1, 0.15) is 0 Å². The summed E-state index contributed by atoms with van der Waals surface area (Å²) < 4.78 is 3.36. The summed E-state index contributed by atoms with van der Waals surface area (Å²) in [5.41, 5.74) is 2.46. The largest absolute Gasteiger partial charge is 0.312 e. The van der Waals surface area contributed by atoms with Gasteiger partial charge >= 0.3 is 0 Å². The van der Waals surface area contributed by atoms with Crippen LogP contribution in [0.25, 0.3) is 0 Å². The molecule has 0 bridgehead atoms. The summed E-state index contributed by atoms with van der Waals surface area (Å²) in [4.78, 5) is 0. The molecular weight excluding hydrogens is 346 g/mol. The summed E-state index contributed by atoms with van der Waals surface area (Å²) in [5.74, 6) is 1.32. The molecule has 2 unspecified atom stereocenters. The average molecular weight is 374 g/mol. The SMILES string of the molecule is CCCNC(Cc1c(Br)c(C)nn1CC)C1CCCCS1. The summed E-state index contributed by atoms with van der Waals surface area (Å²) in [7, 11) is 0. The van der Waals surface area contributed by atoms with E-state index in [1.165, 1.54) is 41.6 Å². The summed E-state index contributed by atoms with van der Waals surface area (Å²) in [6, 6.07) is 0.563. The first-order chi connectivity index (χ1) is 10.2. The number of hydrogen-bond donors (Lipinski definition) is 1. The van der Waals surface area contributed by atoms with Crippen LogP contribution in [0.4, 0.5) is 0 Å². The highest BCUT2D eigenvalue weighted by atomic mass is 79.9. The van der Waals surface area contributed by atoms with Crippen molar-refractivity contribution in [2.45, 2.75) is 70.7 Å². The summed E-state index contributed by atoms with van der Waals surface area (Å²) in [6.45, 7) is 8.56. The first-order valence-electron chi connectivity index (χ1n) is 8.24. The van der Waals surface area contributed by atoms with Gasteiger partial charge in [-0.2, -0.15) is 16.9 Å². The fourth-order valence-electron chi connectivity index (χ4n) is 3.02. The Hall–Kier alpha value is -0.000000000000000111. The highest BCUT2D eigenvalue weighted by Crippen LogP contribution is 2.31. The smallest absolute Gasteiger partial charge is 0.0738 e. The van der Waals surface area contributed by atoms with Gasteiger partial charge in [0.25, 0.3) is 0 Å². The number of hydrogen-bond acceptors (Lipinski definition) is 3. The number of rotatable bonds is 7. The molecular formula is C16H28BrN3S. The van der Waals surface area contributed by atoms with Crippen LogP contribution < -0.4 is 5.32 Å². The minimum absolute atomic E-state index is 0.563. The van der Waals surface area contributed by atoms with E-state index in [4.69, 9.17) is 0 Å². The van der Waals surface area contributed by atoms with Crippen LogP contribution in [0.15, 0.2) is 4.47 Å². The molecule has 3 nitrogen and oxygen atoms in total. The van der Waals surface area contributed by atoms with E-state index in [1.54, 1.807) is 0 Å². The van der Waals surface area contributed by atoms with E-state index in [0.29, 0.717) is 6.04 Å². The van der Waals surface area contributed by atoms with Gasteiger partial charge in [0.2, 0.25) is 0 Å². The van der Waals surface area contributed by atoms with Gasteiger partial charge in [-0.1, -0.05) is 13.3 Å². The highest BCUT2D eigenvalue weighted by molar-refractivity contribution is 9.10. The number of thioether (sulfide) groups is 1. The lowest BCUT2D eigenvalue weighted by molar-refractivity contribution is 0.447. The third-order valence-electron chi connectivity index (χ3n) is 4.19. The predicted octanol–water partition coefficient (Wildman–Crippen LogP) is 4.17. The molecule has 0 aliphatic carbocycles. The highest BCUT2D eigenvalue weighted by Gasteiger charge is 2.26. The third kappa shape index (κ3) is 4.49. The van der Waals surface area contributed by atoms with Gasteiger partial charge in [-0.05, 0) is 61.3 Å². The van der Waals surface area contributed by atoms with E-state index in [2.05, 4.69) is 63.6 Å². The molecule has 1 aromatic heterocycles. The lowest BCUT2D eigenvalue weighted by Crippen LogP contribution is -2.42. The number of nitrogens with zero attached hydrogens (tertiary/aromatic N) is 2. The Labute approximate surface area is 141 Å². The van der Waals surface area contributed by atoms with Gasteiger partial charge in [0.05, 0.1) is 15.9 Å². The molecule has 0 saturated carbocycles. The van der Waals surface area contributed by atoms with E-state index in [0.717, 1.165) is 30.5 Å². The summed E-state index contributed by atoms with van der Waals surface area (Å²) >= 11 is 5.90. The molecule has 120 valence electrons. The van der Waals surface area contributed by atoms with Crippen LogP contribution in [0.2, 0.25) is 0 Å². The van der Waals surface area contributed by atoms with Crippen molar-refractivity contribution in [3.8, 4) is 0 Å². The molecule has 0 aromatic carbocycles. The van der Waals surface area contributed by atoms with E-state index < -0.39 is 0 Å². The molecule has 1 fully saturated rings. The van der Waals surface area contributed by atoms with Crippen molar-refractivity contribution in [2.24, 2.45) is 0 Å². The number of aryl methyl sites for hydroxylation is 2. The minimum Gasteiger partial charge on any atom is -0.312 e. The van der Waals surface area contributed by atoms with Crippen molar-refractivity contribution in [3.63, 3.8) is 0 Å². The molecule has 0 amide bonds. The maximum Gasteiger partial charge on any atom is 0.0738 e. The zero-order chi connectivity index (χ0) is 15.2. The van der Waals surface area contributed by atoms with Gasteiger partial charge < -0.3 is 5.32 Å². The second-order valence-corrected chi connectivity index (χ2v) is 7.97. The van der Waals surface area contributed by atoms with E-state index in [-0.39, 0.29) is 0 Å². The Balaban J connectivity index is 2.13. The van der Waals surface area contributed by atoms with E-state index in [1.807, 2.05) is 0 Å². The topological polar surface area (TPSA) is 29.9 Å². The zero-order valence-electron chi connectivity index (χ0n) is 13.5. The molecule has 5 heteroatoms. The summed E-state index contributed by atoms with van der Waals surface area (Å²) in [5, 5.41) is 9.18. The van der Waals surface area contributed by atoms with Crippen molar-refractivity contribution >= 4 is 27.7 Å². The number of aromatic nitrogens is 2. The quantitative estimate of drug-likeness (QED) is 0.777. The van der Waals surface area contributed by atoms with Crippen molar-refractivity contribution in [1.82, 2.24) is 15.1 Å². The Bertz CT molecular complexity index is 441. The second kappa shape index (κ2) is 8.59. The van der Waals surface area contributed by atoms with Crippen molar-refractivity contribution in [2.75, 3.05) is 12.3 Å². The fraction of sp³-hybridized carbons (Fsp3) is 0.812. The molecule has 1 aromatic rings. The predicted molar refractivity (Wildman–Crippen MR) is 96.2 cm³/mol. The fourth-order valence-corrected chi connectivity index (χ4v) is 4.90. The van der Waals surface area contributed by atoms with Crippen molar-refractivity contribution in [3.05, 3.63) is 15.9 Å². The minimum atomic E-state index is 0.563. The van der Waals surface area contributed by atoms with Gasteiger partial charge in [-0.25, -0.2) is 0 Å². The zero-order valence-corrected chi connectivity index (χ0v) is 15.9. The molecule has 1 aliphatic rings.